The minimum atomic E-state index is -0.562. The number of carbonyl (C=O) groups excluding carboxylic acids is 1. The minimum absolute atomic E-state index is 0.100. The van der Waals surface area contributed by atoms with Crippen molar-refractivity contribution in [3.8, 4) is 17.2 Å². The fraction of sp³-hybridized carbons (Fsp3) is 0.0500. The number of nitrogens with zero attached hydrogens (tertiary/aromatic N) is 4. The van der Waals surface area contributed by atoms with Crippen molar-refractivity contribution in [1.82, 2.24) is 30.0 Å². The number of hydrogen-bond acceptors (Lipinski definition) is 5. The molecule has 0 saturated heterocycles. The molecule has 2 N–H and O–H groups in total. The maximum atomic E-state index is 13.0. The van der Waals surface area contributed by atoms with Crippen molar-refractivity contribution in [3.05, 3.63) is 94.5 Å². The summed E-state index contributed by atoms with van der Waals surface area (Å²) >= 11 is 0. The molecule has 3 heterocycles. The summed E-state index contributed by atoms with van der Waals surface area (Å²) in [6, 6.07) is 11.3. The fourth-order valence-corrected chi connectivity index (χ4v) is 2.66. The van der Waals surface area contributed by atoms with E-state index in [1.807, 2.05) is 0 Å². The zero-order chi connectivity index (χ0) is 20.2. The van der Waals surface area contributed by atoms with Crippen LogP contribution >= 0.6 is 0 Å². The molecular formula is C20H15FN6O2. The minimum Gasteiger partial charge on any atom is -0.348 e. The maximum absolute atomic E-state index is 13.0. The normalized spacial score (nSPS) is 10.7. The smallest absolute Gasteiger partial charge is 0.265 e. The molecule has 0 atom stereocenters. The summed E-state index contributed by atoms with van der Waals surface area (Å²) in [5, 5.41) is 6.64. The van der Waals surface area contributed by atoms with E-state index in [0.29, 0.717) is 5.69 Å². The lowest BCUT2D eigenvalue weighted by Gasteiger charge is -2.07. The third kappa shape index (κ3) is 4.08. The molecule has 144 valence electrons. The number of benzene rings is 1. The van der Waals surface area contributed by atoms with Crippen LogP contribution in [0.2, 0.25) is 0 Å². The van der Waals surface area contributed by atoms with Crippen LogP contribution in [0.4, 0.5) is 4.39 Å². The third-order valence-corrected chi connectivity index (χ3v) is 4.17. The van der Waals surface area contributed by atoms with Gasteiger partial charge in [0.1, 0.15) is 11.4 Å². The van der Waals surface area contributed by atoms with Gasteiger partial charge in [-0.15, -0.1) is 0 Å². The Bertz CT molecular complexity index is 1190. The van der Waals surface area contributed by atoms with Crippen LogP contribution in [0.3, 0.4) is 0 Å². The highest BCUT2D eigenvalue weighted by Crippen LogP contribution is 2.17. The van der Waals surface area contributed by atoms with Crippen molar-refractivity contribution < 1.29 is 9.18 Å². The highest BCUT2D eigenvalue weighted by atomic mass is 19.1. The largest absolute Gasteiger partial charge is 0.348 e. The molecule has 8 nitrogen and oxygen atoms in total. The fourth-order valence-electron chi connectivity index (χ4n) is 2.66. The van der Waals surface area contributed by atoms with E-state index in [0.717, 1.165) is 11.1 Å². The number of amides is 1. The molecule has 0 bridgehead atoms. The molecule has 9 heteroatoms. The molecule has 3 aromatic heterocycles. The number of aromatic nitrogens is 5. The van der Waals surface area contributed by atoms with Crippen molar-refractivity contribution in [2.45, 2.75) is 6.54 Å². The summed E-state index contributed by atoms with van der Waals surface area (Å²) in [4.78, 5) is 35.4. The van der Waals surface area contributed by atoms with Crippen molar-refractivity contribution in [3.63, 3.8) is 0 Å². The van der Waals surface area contributed by atoms with Gasteiger partial charge < -0.3 is 5.32 Å². The molecule has 0 aliphatic rings. The zero-order valence-corrected chi connectivity index (χ0v) is 15.0. The van der Waals surface area contributed by atoms with Gasteiger partial charge in [-0.2, -0.15) is 5.10 Å². The zero-order valence-electron chi connectivity index (χ0n) is 15.0. The van der Waals surface area contributed by atoms with E-state index in [1.54, 1.807) is 48.9 Å². The Morgan fingerprint density at radius 1 is 1.10 bits per heavy atom. The van der Waals surface area contributed by atoms with Crippen molar-refractivity contribution in [2.75, 3.05) is 0 Å². The van der Waals surface area contributed by atoms with Crippen LogP contribution in [0.1, 0.15) is 15.9 Å². The van der Waals surface area contributed by atoms with Gasteiger partial charge in [0.2, 0.25) is 5.95 Å². The van der Waals surface area contributed by atoms with Gasteiger partial charge in [-0.25, -0.2) is 14.1 Å². The van der Waals surface area contributed by atoms with Crippen molar-refractivity contribution in [1.29, 1.82) is 0 Å². The molecule has 29 heavy (non-hydrogen) atoms. The summed E-state index contributed by atoms with van der Waals surface area (Å²) < 4.78 is 14.4. The number of rotatable bonds is 5. The second-order valence-corrected chi connectivity index (χ2v) is 6.14. The first-order valence-corrected chi connectivity index (χ1v) is 8.68. The number of carbonyl (C=O) groups is 1. The molecule has 0 aliphatic carbocycles. The molecule has 0 spiro atoms. The number of aromatic amines is 1. The van der Waals surface area contributed by atoms with Crippen LogP contribution < -0.4 is 10.9 Å². The third-order valence-electron chi connectivity index (χ3n) is 4.17. The van der Waals surface area contributed by atoms with E-state index in [4.69, 9.17) is 0 Å². The molecule has 0 fully saturated rings. The van der Waals surface area contributed by atoms with Crippen molar-refractivity contribution in [2.24, 2.45) is 0 Å². The van der Waals surface area contributed by atoms with Gasteiger partial charge in [0.05, 0.1) is 5.69 Å². The summed E-state index contributed by atoms with van der Waals surface area (Å²) in [6.45, 7) is 0.190. The summed E-state index contributed by atoms with van der Waals surface area (Å²) in [5.74, 6) is -0.638. The van der Waals surface area contributed by atoms with E-state index in [9.17, 15) is 14.0 Å². The van der Waals surface area contributed by atoms with Gasteiger partial charge in [0, 0.05) is 36.9 Å². The van der Waals surface area contributed by atoms with Crippen LogP contribution in [0, 0.1) is 5.82 Å². The average molecular weight is 390 g/mol. The number of hydrogen-bond donors (Lipinski definition) is 2. The Balaban J connectivity index is 1.42. The van der Waals surface area contributed by atoms with Gasteiger partial charge in [0.15, 0.2) is 0 Å². The van der Waals surface area contributed by atoms with E-state index in [1.165, 1.54) is 23.0 Å². The first-order valence-electron chi connectivity index (χ1n) is 8.68. The summed E-state index contributed by atoms with van der Waals surface area (Å²) in [5.41, 5.74) is 1.57. The molecule has 0 aliphatic heterocycles. The highest BCUT2D eigenvalue weighted by Gasteiger charge is 2.12. The standard InChI is InChI=1S/C20H15FN6O2/c21-15-5-3-14(4-6-15)17-7-2-13(10-22-17)11-23-18(28)16-12-24-20(26-19(16)29)27-9-1-8-25-27/h1-10,12H,11H2,(H,23,28)(H,24,26,29). The van der Waals surface area contributed by atoms with Crippen LogP contribution in [-0.2, 0) is 6.54 Å². The molecule has 0 radical (unpaired) electrons. The van der Waals surface area contributed by atoms with E-state index in [-0.39, 0.29) is 23.9 Å². The Morgan fingerprint density at radius 3 is 2.59 bits per heavy atom. The number of halogens is 1. The lowest BCUT2D eigenvalue weighted by atomic mass is 10.1. The van der Waals surface area contributed by atoms with Crippen molar-refractivity contribution >= 4 is 5.91 Å². The van der Waals surface area contributed by atoms with Crippen LogP contribution in [0.15, 0.2) is 72.0 Å². The van der Waals surface area contributed by atoms with E-state index < -0.39 is 11.5 Å². The van der Waals surface area contributed by atoms with Crippen LogP contribution in [0.5, 0.6) is 0 Å². The highest BCUT2D eigenvalue weighted by molar-refractivity contribution is 5.93. The molecule has 1 amide bonds. The predicted molar refractivity (Wildman–Crippen MR) is 103 cm³/mol. The summed E-state index contributed by atoms with van der Waals surface area (Å²) in [7, 11) is 0. The molecule has 4 rings (SSSR count). The molecule has 0 unspecified atom stereocenters. The first kappa shape index (κ1) is 18.2. The average Bonchev–Trinajstić information content (AvgIpc) is 3.28. The van der Waals surface area contributed by atoms with Gasteiger partial charge >= 0.3 is 0 Å². The number of H-pyrrole nitrogens is 1. The lowest BCUT2D eigenvalue weighted by molar-refractivity contribution is 0.0949. The van der Waals surface area contributed by atoms with Gasteiger partial charge in [-0.3, -0.25) is 19.6 Å². The Hall–Kier alpha value is -4.14. The first-order chi connectivity index (χ1) is 14.1. The topological polar surface area (TPSA) is 106 Å². The molecule has 0 saturated carbocycles. The van der Waals surface area contributed by atoms with Crippen LogP contribution in [-0.4, -0.2) is 30.6 Å². The lowest BCUT2D eigenvalue weighted by Crippen LogP contribution is -2.30. The number of pyridine rings is 1. The SMILES string of the molecule is O=C(NCc1ccc(-c2ccc(F)cc2)nc1)c1cnc(-n2cccn2)[nH]c1=O. The van der Waals surface area contributed by atoms with E-state index in [2.05, 4.69) is 25.4 Å². The second-order valence-electron chi connectivity index (χ2n) is 6.14. The monoisotopic (exact) mass is 390 g/mol. The van der Waals surface area contributed by atoms with Crippen LogP contribution in [0.25, 0.3) is 17.2 Å². The predicted octanol–water partition coefficient (Wildman–Crippen LogP) is 2.09. The van der Waals surface area contributed by atoms with Gasteiger partial charge in [0.25, 0.3) is 11.5 Å². The van der Waals surface area contributed by atoms with Gasteiger partial charge in [-0.05, 0) is 42.0 Å². The Kier molecular flexibility index (Phi) is 4.93. The quantitative estimate of drug-likeness (QED) is 0.543. The summed E-state index contributed by atoms with van der Waals surface area (Å²) in [6.07, 6.45) is 6.00. The molecule has 1 aromatic carbocycles. The molecule has 4 aromatic rings. The van der Waals surface area contributed by atoms with E-state index >= 15 is 0 Å². The van der Waals surface area contributed by atoms with Gasteiger partial charge in [-0.1, -0.05) is 6.07 Å². The Morgan fingerprint density at radius 2 is 1.93 bits per heavy atom. The maximum Gasteiger partial charge on any atom is 0.265 e. The second kappa shape index (κ2) is 7.85. The number of nitrogens with one attached hydrogen (secondary N) is 2. The Labute approximate surface area is 164 Å². The molecular weight excluding hydrogens is 375 g/mol.